The third-order valence-corrected chi connectivity index (χ3v) is 5.17. The van der Waals surface area contributed by atoms with Crippen molar-refractivity contribution < 1.29 is 17.9 Å². The van der Waals surface area contributed by atoms with Crippen LogP contribution < -0.4 is 15.2 Å². The lowest BCUT2D eigenvalue weighted by atomic mass is 10.1. The van der Waals surface area contributed by atoms with Gasteiger partial charge in [0.05, 0.1) is 12.4 Å². The van der Waals surface area contributed by atoms with Crippen LogP contribution in [0.5, 0.6) is 5.75 Å². The van der Waals surface area contributed by atoms with E-state index in [2.05, 4.69) is 11.4 Å². The highest BCUT2D eigenvalue weighted by Gasteiger charge is 2.28. The molecule has 1 aromatic carbocycles. The van der Waals surface area contributed by atoms with Gasteiger partial charge in [-0.1, -0.05) is 12.1 Å². The number of nitrogens with two attached hydrogens (primary N) is 1. The molecule has 2 aliphatic heterocycles. The lowest BCUT2D eigenvalue weighted by Gasteiger charge is -2.17. The molecule has 7 nitrogen and oxygen atoms in total. The van der Waals surface area contributed by atoms with Crippen LogP contribution in [0.1, 0.15) is 17.5 Å². The number of ether oxygens (including phenoxy) is 1. The van der Waals surface area contributed by atoms with E-state index in [9.17, 15) is 13.2 Å². The van der Waals surface area contributed by atoms with Crippen molar-refractivity contribution in [2.45, 2.75) is 19.4 Å². The van der Waals surface area contributed by atoms with E-state index in [4.69, 9.17) is 9.88 Å². The van der Waals surface area contributed by atoms with Crippen LogP contribution in [-0.4, -0.2) is 44.8 Å². The first-order valence-corrected chi connectivity index (χ1v) is 9.40. The van der Waals surface area contributed by atoms with Gasteiger partial charge in [-0.25, -0.2) is 18.4 Å². The van der Waals surface area contributed by atoms with Gasteiger partial charge in [-0.2, -0.15) is 0 Å². The molecule has 8 heteroatoms. The molecule has 23 heavy (non-hydrogen) atoms. The first-order chi connectivity index (χ1) is 10.9. The fraction of sp³-hybridized carbons (Fsp3) is 0.533. The van der Waals surface area contributed by atoms with Gasteiger partial charge in [0.2, 0.25) is 10.0 Å². The van der Waals surface area contributed by atoms with E-state index in [1.807, 2.05) is 12.1 Å². The number of hydrogen-bond donors (Lipinski definition) is 2. The molecule has 0 saturated carbocycles. The summed E-state index contributed by atoms with van der Waals surface area (Å²) in [4.78, 5) is 13.8. The predicted molar refractivity (Wildman–Crippen MR) is 85.5 cm³/mol. The summed E-state index contributed by atoms with van der Waals surface area (Å²) in [6.45, 7) is 2.15. The monoisotopic (exact) mass is 339 g/mol. The molecule has 2 amide bonds. The summed E-state index contributed by atoms with van der Waals surface area (Å²) in [5, 5.41) is 7.94. The molecule has 0 radical (unpaired) electrons. The Kier molecular flexibility index (Phi) is 4.45. The first-order valence-electron chi connectivity index (χ1n) is 7.68. The van der Waals surface area contributed by atoms with Crippen LogP contribution in [0.25, 0.3) is 0 Å². The molecule has 0 spiro atoms. The lowest BCUT2D eigenvalue weighted by molar-refractivity contribution is 0.207. The Balaban J connectivity index is 1.50. The highest BCUT2D eigenvalue weighted by atomic mass is 32.2. The standard InChI is InChI=1S/C15H21N3O4S/c16-23(20,21)10-12-3-5-18(9-12)15(19)17-8-11-1-2-14-13(7-11)4-6-22-14/h1-2,7,12H,3-6,8-10H2,(H,17,19)(H2,16,20,21). The molecular weight excluding hydrogens is 318 g/mol. The Morgan fingerprint density at radius 3 is 3.04 bits per heavy atom. The quantitative estimate of drug-likeness (QED) is 0.831. The maximum absolute atomic E-state index is 12.2. The Labute approximate surface area is 135 Å². The topological polar surface area (TPSA) is 102 Å². The number of carbonyl (C=O) groups is 1. The molecule has 1 fully saturated rings. The van der Waals surface area contributed by atoms with E-state index >= 15 is 0 Å². The molecule has 0 aliphatic carbocycles. The Bertz CT molecular complexity index is 705. The van der Waals surface area contributed by atoms with E-state index in [0.29, 0.717) is 32.7 Å². The second-order valence-electron chi connectivity index (χ2n) is 6.13. The van der Waals surface area contributed by atoms with Gasteiger partial charge in [0.15, 0.2) is 0 Å². The largest absolute Gasteiger partial charge is 0.493 e. The van der Waals surface area contributed by atoms with E-state index in [1.54, 1.807) is 4.90 Å². The Morgan fingerprint density at radius 1 is 1.43 bits per heavy atom. The number of hydrogen-bond acceptors (Lipinski definition) is 4. The van der Waals surface area contributed by atoms with Gasteiger partial charge >= 0.3 is 6.03 Å². The summed E-state index contributed by atoms with van der Waals surface area (Å²) < 4.78 is 27.7. The summed E-state index contributed by atoms with van der Waals surface area (Å²) in [6, 6.07) is 5.76. The number of fused-ring (bicyclic) bond motifs is 1. The third kappa shape index (κ3) is 4.14. The van der Waals surface area contributed by atoms with Crippen LogP contribution >= 0.6 is 0 Å². The van der Waals surface area contributed by atoms with Gasteiger partial charge in [0.1, 0.15) is 5.75 Å². The van der Waals surface area contributed by atoms with Crippen molar-refractivity contribution in [2.24, 2.45) is 11.1 Å². The SMILES string of the molecule is NS(=O)(=O)CC1CCN(C(=O)NCc2ccc3c(c2)CCO3)C1. The molecule has 1 aromatic rings. The van der Waals surface area contributed by atoms with Crippen LogP contribution in [0.3, 0.4) is 0 Å². The molecule has 1 unspecified atom stereocenters. The van der Waals surface area contributed by atoms with Gasteiger partial charge in [0, 0.05) is 26.1 Å². The number of likely N-dealkylation sites (tertiary alicyclic amines) is 1. The number of nitrogens with zero attached hydrogens (tertiary/aromatic N) is 1. The average molecular weight is 339 g/mol. The van der Waals surface area contributed by atoms with Crippen LogP contribution in [0.2, 0.25) is 0 Å². The Hall–Kier alpha value is -1.80. The fourth-order valence-corrected chi connectivity index (χ4v) is 4.05. The number of rotatable bonds is 4. The maximum Gasteiger partial charge on any atom is 0.317 e. The minimum atomic E-state index is -3.49. The molecule has 0 bridgehead atoms. The second kappa shape index (κ2) is 6.37. The number of nitrogens with one attached hydrogen (secondary N) is 1. The molecule has 2 aliphatic rings. The fourth-order valence-electron chi connectivity index (χ4n) is 3.12. The van der Waals surface area contributed by atoms with Crippen LogP contribution in [0, 0.1) is 5.92 Å². The summed E-state index contributed by atoms with van der Waals surface area (Å²) in [7, 11) is -3.49. The van der Waals surface area contributed by atoms with Crippen LogP contribution in [0.15, 0.2) is 18.2 Å². The van der Waals surface area contributed by atoms with Crippen molar-refractivity contribution in [2.75, 3.05) is 25.4 Å². The number of sulfonamides is 1. The highest BCUT2D eigenvalue weighted by Crippen LogP contribution is 2.25. The maximum atomic E-state index is 12.2. The van der Waals surface area contributed by atoms with Gasteiger partial charge in [-0.15, -0.1) is 0 Å². The summed E-state index contributed by atoms with van der Waals surface area (Å²) in [6.07, 6.45) is 1.57. The van der Waals surface area contributed by atoms with E-state index in [1.165, 1.54) is 5.56 Å². The van der Waals surface area contributed by atoms with Crippen molar-refractivity contribution in [1.29, 1.82) is 0 Å². The van der Waals surface area contributed by atoms with Crippen molar-refractivity contribution in [3.05, 3.63) is 29.3 Å². The summed E-state index contributed by atoms with van der Waals surface area (Å²) in [5.74, 6) is 0.778. The molecule has 2 heterocycles. The lowest BCUT2D eigenvalue weighted by Crippen LogP contribution is -2.38. The molecule has 3 N–H and O–H groups in total. The molecule has 0 aromatic heterocycles. The zero-order valence-electron chi connectivity index (χ0n) is 12.8. The summed E-state index contributed by atoms with van der Waals surface area (Å²) >= 11 is 0. The number of primary sulfonamides is 1. The molecule has 3 rings (SSSR count). The molecule has 1 saturated heterocycles. The van der Waals surface area contributed by atoms with Crippen LogP contribution in [0.4, 0.5) is 4.79 Å². The number of carbonyl (C=O) groups excluding carboxylic acids is 1. The van der Waals surface area contributed by atoms with Gasteiger partial charge < -0.3 is 15.0 Å². The zero-order chi connectivity index (χ0) is 16.4. The molecule has 1 atom stereocenters. The number of amides is 2. The second-order valence-corrected chi connectivity index (χ2v) is 7.79. The normalized spacial score (nSPS) is 20.2. The van der Waals surface area contributed by atoms with Gasteiger partial charge in [0.25, 0.3) is 0 Å². The Morgan fingerprint density at radius 2 is 2.26 bits per heavy atom. The van der Waals surface area contributed by atoms with E-state index < -0.39 is 10.0 Å². The smallest absolute Gasteiger partial charge is 0.317 e. The van der Waals surface area contributed by atoms with Crippen molar-refractivity contribution in [1.82, 2.24) is 10.2 Å². The van der Waals surface area contributed by atoms with Crippen molar-refractivity contribution in [3.63, 3.8) is 0 Å². The van der Waals surface area contributed by atoms with Crippen molar-refractivity contribution >= 4 is 16.1 Å². The minimum Gasteiger partial charge on any atom is -0.493 e. The van der Waals surface area contributed by atoms with Crippen molar-refractivity contribution in [3.8, 4) is 5.75 Å². The van der Waals surface area contributed by atoms with E-state index in [0.717, 1.165) is 17.7 Å². The first kappa shape index (κ1) is 16.1. The van der Waals surface area contributed by atoms with Gasteiger partial charge in [-0.3, -0.25) is 0 Å². The molecular formula is C15H21N3O4S. The minimum absolute atomic E-state index is 0.0679. The predicted octanol–water partition coefficient (Wildman–Crippen LogP) is 0.442. The molecule has 126 valence electrons. The average Bonchev–Trinajstić information content (AvgIpc) is 3.11. The van der Waals surface area contributed by atoms with E-state index in [-0.39, 0.29) is 17.7 Å². The number of urea groups is 1. The number of benzene rings is 1. The summed E-state index contributed by atoms with van der Waals surface area (Å²) in [5.41, 5.74) is 2.20. The zero-order valence-corrected chi connectivity index (χ0v) is 13.6. The third-order valence-electron chi connectivity index (χ3n) is 4.24. The highest BCUT2D eigenvalue weighted by molar-refractivity contribution is 7.89. The van der Waals surface area contributed by atoms with Crippen LogP contribution in [-0.2, 0) is 23.0 Å². The van der Waals surface area contributed by atoms with Gasteiger partial charge in [-0.05, 0) is 29.5 Å².